The number of hydrogen-bond acceptors (Lipinski definition) is 2. The van der Waals surface area contributed by atoms with Gasteiger partial charge in [0, 0.05) is 8.99 Å². The van der Waals surface area contributed by atoms with Crippen molar-refractivity contribution in [1.29, 1.82) is 0 Å². The van der Waals surface area contributed by atoms with E-state index >= 15 is 0 Å². The van der Waals surface area contributed by atoms with Crippen LogP contribution in [0.1, 0.15) is 32.1 Å². The average molecular weight is 319 g/mol. The molecule has 4 aliphatic carbocycles. The molecule has 0 aromatic rings. The van der Waals surface area contributed by atoms with Crippen LogP contribution in [-0.2, 0) is 0 Å². The zero-order valence-electron chi connectivity index (χ0n) is 8.49. The first-order chi connectivity index (χ1) is 7.06. The molecule has 0 N–H and O–H groups in total. The molecule has 15 heavy (non-hydrogen) atoms. The summed E-state index contributed by atoms with van der Waals surface area (Å²) in [6.07, 6.45) is 7.45. The van der Waals surface area contributed by atoms with E-state index in [0.717, 1.165) is 11.5 Å². The average Bonchev–Trinajstić information content (AvgIpc) is 2.08. The SMILES string of the molecule is O=[N+]([O-])C=C1[C@@H]2CC3C[C@H]1CC(I)(C3)C2. The van der Waals surface area contributed by atoms with Crippen molar-refractivity contribution in [1.82, 2.24) is 0 Å². The molecule has 0 radical (unpaired) electrons. The van der Waals surface area contributed by atoms with Crippen LogP contribution in [0.5, 0.6) is 0 Å². The van der Waals surface area contributed by atoms with Crippen molar-refractivity contribution in [3.8, 4) is 0 Å². The van der Waals surface area contributed by atoms with Gasteiger partial charge in [-0.2, -0.15) is 0 Å². The van der Waals surface area contributed by atoms with Crippen molar-refractivity contribution < 1.29 is 4.92 Å². The molecule has 3 nitrogen and oxygen atoms in total. The van der Waals surface area contributed by atoms with Crippen molar-refractivity contribution in [3.63, 3.8) is 0 Å². The first-order valence-electron chi connectivity index (χ1n) is 5.60. The van der Waals surface area contributed by atoms with Crippen molar-refractivity contribution in [2.75, 3.05) is 0 Å². The lowest BCUT2D eigenvalue weighted by atomic mass is 9.54. The summed E-state index contributed by atoms with van der Waals surface area (Å²) >= 11 is 2.61. The normalized spacial score (nSPS) is 49.9. The van der Waals surface area contributed by atoms with Gasteiger partial charge in [0.1, 0.15) is 0 Å². The van der Waals surface area contributed by atoms with Gasteiger partial charge < -0.3 is 0 Å². The van der Waals surface area contributed by atoms with Gasteiger partial charge in [0.15, 0.2) is 0 Å². The predicted molar refractivity (Wildman–Crippen MR) is 65.4 cm³/mol. The second-order valence-corrected chi connectivity index (χ2v) is 7.70. The lowest BCUT2D eigenvalue weighted by Gasteiger charge is -2.54. The van der Waals surface area contributed by atoms with Crippen LogP contribution >= 0.6 is 22.6 Å². The highest BCUT2D eigenvalue weighted by Gasteiger charge is 2.52. The smallest absolute Gasteiger partial charge is 0.234 e. The van der Waals surface area contributed by atoms with Gasteiger partial charge in [-0.15, -0.1) is 0 Å². The van der Waals surface area contributed by atoms with Crippen LogP contribution in [0.15, 0.2) is 11.8 Å². The van der Waals surface area contributed by atoms with E-state index in [2.05, 4.69) is 22.6 Å². The Balaban J connectivity index is 1.94. The summed E-state index contributed by atoms with van der Waals surface area (Å²) in [7, 11) is 0. The maximum absolute atomic E-state index is 10.6. The van der Waals surface area contributed by atoms with E-state index < -0.39 is 0 Å². The van der Waals surface area contributed by atoms with E-state index in [4.69, 9.17) is 0 Å². The molecule has 4 bridgehead atoms. The van der Waals surface area contributed by atoms with E-state index in [1.807, 2.05) is 0 Å². The molecule has 4 aliphatic rings. The molecule has 4 atom stereocenters. The largest absolute Gasteiger partial charge is 0.259 e. The molecule has 0 aromatic heterocycles. The third-order valence-electron chi connectivity index (χ3n) is 4.31. The number of nitro groups is 1. The minimum atomic E-state index is -0.253. The summed E-state index contributed by atoms with van der Waals surface area (Å²) in [4.78, 5) is 10.3. The maximum Gasteiger partial charge on any atom is 0.234 e. The third kappa shape index (κ3) is 1.61. The molecule has 4 fully saturated rings. The standard InChI is InChI=1S/C11H14INO2/c12-11-3-7-1-8(4-11)10(6-13(14)15)9(2-7)5-11/h6-9H,1-5H2/t7?,8-,9+,11?. The highest BCUT2D eigenvalue weighted by atomic mass is 127. The Hall–Kier alpha value is -0.130. The van der Waals surface area contributed by atoms with Gasteiger partial charge in [0.05, 0.1) is 4.92 Å². The molecule has 0 aliphatic heterocycles. The molecule has 0 spiro atoms. The molecular formula is C11H14INO2. The number of hydrogen-bond donors (Lipinski definition) is 0. The van der Waals surface area contributed by atoms with Gasteiger partial charge >= 0.3 is 0 Å². The lowest BCUT2D eigenvalue weighted by molar-refractivity contribution is -0.404. The highest BCUT2D eigenvalue weighted by molar-refractivity contribution is 14.1. The number of allylic oxidation sites excluding steroid dienone is 1. The number of rotatable bonds is 1. The minimum Gasteiger partial charge on any atom is -0.259 e. The van der Waals surface area contributed by atoms with Gasteiger partial charge in [-0.05, 0) is 49.9 Å². The highest BCUT2D eigenvalue weighted by Crippen LogP contribution is 2.61. The topological polar surface area (TPSA) is 43.1 Å². The maximum atomic E-state index is 10.6. The van der Waals surface area contributed by atoms with Crippen LogP contribution in [0.3, 0.4) is 0 Å². The molecule has 82 valence electrons. The summed E-state index contributed by atoms with van der Waals surface area (Å²) < 4.78 is 0.474. The van der Waals surface area contributed by atoms with Crippen molar-refractivity contribution in [2.45, 2.75) is 35.5 Å². The van der Waals surface area contributed by atoms with Gasteiger partial charge in [0.25, 0.3) is 0 Å². The molecule has 0 aromatic carbocycles. The number of alkyl halides is 1. The van der Waals surface area contributed by atoms with Crippen LogP contribution in [-0.4, -0.2) is 8.35 Å². The molecule has 4 rings (SSSR count). The second-order valence-electron chi connectivity index (χ2n) is 5.41. The van der Waals surface area contributed by atoms with Crippen LogP contribution in [0.4, 0.5) is 0 Å². The van der Waals surface area contributed by atoms with Crippen LogP contribution in [0.2, 0.25) is 0 Å². The lowest BCUT2D eigenvalue weighted by Crippen LogP contribution is -2.48. The Morgan fingerprint density at radius 1 is 1.33 bits per heavy atom. The number of halogens is 1. The van der Waals surface area contributed by atoms with Gasteiger partial charge in [-0.25, -0.2) is 0 Å². The van der Waals surface area contributed by atoms with Gasteiger partial charge in [-0.3, -0.25) is 10.1 Å². The van der Waals surface area contributed by atoms with Gasteiger partial charge in [0.2, 0.25) is 6.20 Å². The Bertz CT molecular complexity index is 334. The Kier molecular flexibility index (Phi) is 2.13. The van der Waals surface area contributed by atoms with E-state index in [0.29, 0.717) is 15.3 Å². The summed E-state index contributed by atoms with van der Waals surface area (Å²) in [5, 5.41) is 10.6. The first kappa shape index (κ1) is 10.1. The van der Waals surface area contributed by atoms with Gasteiger partial charge in [-0.1, -0.05) is 22.6 Å². The van der Waals surface area contributed by atoms with Crippen molar-refractivity contribution in [3.05, 3.63) is 21.9 Å². The summed E-state index contributed by atoms with van der Waals surface area (Å²) in [6, 6.07) is 0. The monoisotopic (exact) mass is 319 g/mol. The molecule has 0 amide bonds. The summed E-state index contributed by atoms with van der Waals surface area (Å²) in [5.41, 5.74) is 1.16. The fraction of sp³-hybridized carbons (Fsp3) is 0.818. The molecule has 0 heterocycles. The molecular weight excluding hydrogens is 305 g/mol. The fourth-order valence-corrected chi connectivity index (χ4v) is 5.74. The quantitative estimate of drug-likeness (QED) is 0.322. The Morgan fingerprint density at radius 3 is 2.40 bits per heavy atom. The number of nitrogens with zero attached hydrogens (tertiary/aromatic N) is 1. The zero-order valence-corrected chi connectivity index (χ0v) is 10.6. The second kappa shape index (κ2) is 3.18. The van der Waals surface area contributed by atoms with E-state index in [1.165, 1.54) is 38.3 Å². The van der Waals surface area contributed by atoms with Crippen LogP contribution in [0.25, 0.3) is 0 Å². The first-order valence-corrected chi connectivity index (χ1v) is 6.68. The van der Waals surface area contributed by atoms with E-state index in [-0.39, 0.29) is 4.92 Å². The molecule has 0 saturated heterocycles. The van der Waals surface area contributed by atoms with Crippen molar-refractivity contribution >= 4 is 22.6 Å². The summed E-state index contributed by atoms with van der Waals surface area (Å²) in [6.45, 7) is 0. The third-order valence-corrected chi connectivity index (χ3v) is 5.63. The van der Waals surface area contributed by atoms with E-state index in [9.17, 15) is 10.1 Å². The van der Waals surface area contributed by atoms with Crippen LogP contribution in [0, 0.1) is 27.9 Å². The summed E-state index contributed by atoms with van der Waals surface area (Å²) in [5.74, 6) is 1.90. The van der Waals surface area contributed by atoms with Crippen molar-refractivity contribution in [2.24, 2.45) is 17.8 Å². The predicted octanol–water partition coefficient (Wildman–Crippen LogP) is 3.16. The zero-order chi connectivity index (χ0) is 10.6. The van der Waals surface area contributed by atoms with Crippen LogP contribution < -0.4 is 0 Å². The molecule has 2 unspecified atom stereocenters. The fourth-order valence-electron chi connectivity index (χ4n) is 4.06. The molecule has 4 saturated carbocycles. The molecule has 4 heteroatoms. The van der Waals surface area contributed by atoms with E-state index in [1.54, 1.807) is 0 Å². The Morgan fingerprint density at radius 2 is 1.93 bits per heavy atom. The Labute approximate surface area is 103 Å². The minimum absolute atomic E-state index is 0.253.